The summed E-state index contributed by atoms with van der Waals surface area (Å²) in [7, 11) is 0. The van der Waals surface area contributed by atoms with E-state index in [2.05, 4.69) is 25.0 Å². The molecule has 198 valence electrons. The van der Waals surface area contributed by atoms with Crippen molar-refractivity contribution in [1.82, 2.24) is 24.1 Å². The summed E-state index contributed by atoms with van der Waals surface area (Å²) >= 11 is 7.59. The van der Waals surface area contributed by atoms with E-state index >= 15 is 0 Å². The van der Waals surface area contributed by atoms with Gasteiger partial charge >= 0.3 is 6.61 Å². The van der Waals surface area contributed by atoms with Crippen LogP contribution in [0.3, 0.4) is 0 Å². The largest absolute Gasteiger partial charge is 0.433 e. The molecule has 0 bridgehead atoms. The zero-order valence-electron chi connectivity index (χ0n) is 20.3. The summed E-state index contributed by atoms with van der Waals surface area (Å²) in [5.41, 5.74) is 2.83. The number of hydrogen-bond donors (Lipinski definition) is 1. The number of pyridine rings is 1. The number of aromatic nitrogens is 5. The number of alkyl halides is 2. The second-order valence-corrected chi connectivity index (χ2v) is 10.0. The molecule has 0 spiro atoms. The fourth-order valence-corrected chi connectivity index (χ4v) is 4.93. The number of anilines is 1. The number of halogens is 4. The predicted octanol–water partition coefficient (Wildman–Crippen LogP) is 6.35. The fourth-order valence-electron chi connectivity index (χ4n) is 3.96. The normalized spacial score (nSPS) is 13.6. The monoisotopic (exact) mass is 562 g/mol. The highest BCUT2D eigenvalue weighted by Crippen LogP contribution is 2.38. The summed E-state index contributed by atoms with van der Waals surface area (Å²) in [4.78, 5) is 25.5. The minimum atomic E-state index is -3.07. The van der Waals surface area contributed by atoms with Gasteiger partial charge in [-0.2, -0.15) is 13.2 Å². The lowest BCUT2D eigenvalue weighted by Gasteiger charge is -2.13. The van der Waals surface area contributed by atoms with Crippen molar-refractivity contribution >= 4 is 46.1 Å². The molecule has 5 rings (SSSR count). The maximum atomic E-state index is 14.1. The lowest BCUT2D eigenvalue weighted by atomic mass is 10.1. The highest BCUT2D eigenvalue weighted by atomic mass is 35.5. The number of nitrogens with zero attached hydrogens (tertiary/aromatic N) is 5. The molecule has 1 fully saturated rings. The molecule has 38 heavy (non-hydrogen) atoms. The van der Waals surface area contributed by atoms with E-state index in [0.29, 0.717) is 44.4 Å². The van der Waals surface area contributed by atoms with E-state index < -0.39 is 18.5 Å². The Hall–Kier alpha value is -3.64. The minimum Gasteiger partial charge on any atom is -0.433 e. The Morgan fingerprint density at radius 1 is 1.32 bits per heavy atom. The Labute approximate surface area is 224 Å². The molecule has 0 atom stereocenters. The first kappa shape index (κ1) is 26.0. The molecule has 0 radical (unpaired) electrons. The molecule has 1 amide bonds. The van der Waals surface area contributed by atoms with Gasteiger partial charge in [0.15, 0.2) is 5.13 Å². The lowest BCUT2D eigenvalue weighted by Crippen LogP contribution is -2.18. The van der Waals surface area contributed by atoms with Gasteiger partial charge in [0, 0.05) is 42.0 Å². The second kappa shape index (κ2) is 10.6. The molecule has 4 heterocycles. The summed E-state index contributed by atoms with van der Waals surface area (Å²) in [5, 5.41) is 5.30. The smallest absolute Gasteiger partial charge is 0.387 e. The number of hydrogen-bond acceptors (Lipinski definition) is 6. The van der Waals surface area contributed by atoms with Crippen LogP contribution in [0.5, 0.6) is 5.75 Å². The molecule has 0 unspecified atom stereocenters. The van der Waals surface area contributed by atoms with Crippen LogP contribution in [0.25, 0.3) is 12.2 Å². The summed E-state index contributed by atoms with van der Waals surface area (Å²) in [6.45, 7) is 0.301. The van der Waals surface area contributed by atoms with Gasteiger partial charge in [-0.15, -0.1) is 11.3 Å². The number of ether oxygens (including phenoxy) is 1. The summed E-state index contributed by atoms with van der Waals surface area (Å²) in [5.74, 6) is -1.42. The van der Waals surface area contributed by atoms with E-state index in [4.69, 9.17) is 11.6 Å². The van der Waals surface area contributed by atoms with Gasteiger partial charge < -0.3 is 13.9 Å². The minimum absolute atomic E-state index is 0.0429. The topological polar surface area (TPSA) is 86.9 Å². The van der Waals surface area contributed by atoms with Crippen LogP contribution in [-0.2, 0) is 6.54 Å². The first-order chi connectivity index (χ1) is 18.2. The van der Waals surface area contributed by atoms with Crippen LogP contribution < -0.4 is 10.1 Å². The van der Waals surface area contributed by atoms with Crippen molar-refractivity contribution < 1.29 is 22.7 Å². The third-order valence-corrected chi connectivity index (χ3v) is 7.29. The Kier molecular flexibility index (Phi) is 7.26. The molecule has 13 heteroatoms. The van der Waals surface area contributed by atoms with Gasteiger partial charge in [0.05, 0.1) is 12.0 Å². The van der Waals surface area contributed by atoms with Crippen molar-refractivity contribution in [3.63, 3.8) is 0 Å². The molecule has 1 aliphatic rings. The summed E-state index contributed by atoms with van der Waals surface area (Å²) in [6.07, 6.45) is 10.0. The van der Waals surface area contributed by atoms with Gasteiger partial charge in [0.2, 0.25) is 5.95 Å². The number of nitrogens with one attached hydrogen (secondary N) is 1. The maximum absolute atomic E-state index is 14.1. The molecule has 0 saturated heterocycles. The van der Waals surface area contributed by atoms with Crippen molar-refractivity contribution in [3.8, 4) is 5.75 Å². The van der Waals surface area contributed by atoms with Gasteiger partial charge in [-0.1, -0.05) is 11.6 Å². The van der Waals surface area contributed by atoms with Crippen LogP contribution in [0, 0.1) is 19.8 Å². The second-order valence-electron chi connectivity index (χ2n) is 8.83. The fraction of sp³-hybridized carbons (Fsp3) is 0.280. The molecular formula is C25H22ClF3N6O2S. The van der Waals surface area contributed by atoms with Gasteiger partial charge in [0.1, 0.15) is 22.3 Å². The molecule has 0 aromatic carbocycles. The van der Waals surface area contributed by atoms with E-state index in [9.17, 15) is 18.0 Å². The molecule has 8 nitrogen and oxygen atoms in total. The quantitative estimate of drug-likeness (QED) is 0.240. The average Bonchev–Trinajstić information content (AvgIpc) is 3.30. The SMILES string of the molecule is Cc1cnc(F)c(C)c1Cn1cc(OC(F)F)cc1C(=O)Nc1nc(/C=C/c2ncn(C3CC3)c2Cl)cs1. The number of amides is 1. The average molecular weight is 563 g/mol. The Morgan fingerprint density at radius 2 is 2.11 bits per heavy atom. The number of thiazole rings is 1. The van der Waals surface area contributed by atoms with Crippen LogP contribution in [0.15, 0.2) is 30.2 Å². The van der Waals surface area contributed by atoms with Gasteiger partial charge in [-0.05, 0) is 50.0 Å². The van der Waals surface area contributed by atoms with Crippen molar-refractivity contribution in [2.24, 2.45) is 0 Å². The van der Waals surface area contributed by atoms with Gasteiger partial charge in [0.25, 0.3) is 5.91 Å². The number of aryl methyl sites for hydroxylation is 1. The van der Waals surface area contributed by atoms with Crippen LogP contribution in [-0.4, -0.2) is 36.6 Å². The molecule has 1 saturated carbocycles. The third-order valence-electron chi connectivity index (χ3n) is 6.12. The predicted molar refractivity (Wildman–Crippen MR) is 138 cm³/mol. The lowest BCUT2D eigenvalue weighted by molar-refractivity contribution is -0.0498. The molecule has 4 aromatic rings. The Balaban J connectivity index is 1.34. The van der Waals surface area contributed by atoms with Crippen LogP contribution in [0.2, 0.25) is 5.15 Å². The first-order valence-corrected chi connectivity index (χ1v) is 12.9. The van der Waals surface area contributed by atoms with Crippen molar-refractivity contribution in [3.05, 3.63) is 75.0 Å². The Bertz CT molecular complexity index is 1530. The molecule has 1 aliphatic carbocycles. The van der Waals surface area contributed by atoms with Crippen molar-refractivity contribution in [1.29, 1.82) is 0 Å². The highest BCUT2D eigenvalue weighted by Gasteiger charge is 2.26. The standard InChI is InChI=1S/C25H22ClF3N6O2S/c1-13-8-30-22(27)14(2)18(13)10-34-9-17(37-24(28)29)7-20(34)23(36)33-25-32-15(11-38-25)3-6-19-21(26)35(12-31-19)16-4-5-16/h3,6-9,11-12,16,24H,4-5,10H2,1-2H3,(H,32,33,36)/b6-3+. The molecule has 4 aromatic heterocycles. The van der Waals surface area contributed by atoms with Crippen molar-refractivity contribution in [2.75, 3.05) is 5.32 Å². The van der Waals surface area contributed by atoms with E-state index in [1.807, 2.05) is 4.57 Å². The van der Waals surface area contributed by atoms with Crippen LogP contribution in [0.4, 0.5) is 18.3 Å². The Morgan fingerprint density at radius 3 is 2.84 bits per heavy atom. The number of carbonyl (C=O) groups excluding carboxylic acids is 1. The number of carbonyl (C=O) groups is 1. The highest BCUT2D eigenvalue weighted by molar-refractivity contribution is 7.14. The molecule has 0 aliphatic heterocycles. The molecule has 1 N–H and O–H groups in total. The van der Waals surface area contributed by atoms with Gasteiger partial charge in [-0.25, -0.2) is 15.0 Å². The first-order valence-electron chi connectivity index (χ1n) is 11.6. The van der Waals surface area contributed by atoms with E-state index in [-0.39, 0.29) is 18.0 Å². The molecular weight excluding hydrogens is 541 g/mol. The van der Waals surface area contributed by atoms with Gasteiger partial charge in [-0.3, -0.25) is 10.1 Å². The maximum Gasteiger partial charge on any atom is 0.387 e. The van der Waals surface area contributed by atoms with Crippen LogP contribution >= 0.6 is 22.9 Å². The van der Waals surface area contributed by atoms with Crippen molar-refractivity contribution in [2.45, 2.75) is 45.9 Å². The van der Waals surface area contributed by atoms with E-state index in [0.717, 1.165) is 12.8 Å². The zero-order valence-corrected chi connectivity index (χ0v) is 21.9. The summed E-state index contributed by atoms with van der Waals surface area (Å²) < 4.78 is 47.7. The number of rotatable bonds is 9. The van der Waals surface area contributed by atoms with E-state index in [1.54, 1.807) is 37.7 Å². The number of imidazole rings is 1. The van der Waals surface area contributed by atoms with Crippen LogP contribution in [0.1, 0.15) is 57.5 Å². The summed E-state index contributed by atoms with van der Waals surface area (Å²) in [6, 6.07) is 1.62. The zero-order chi connectivity index (χ0) is 27.0. The third kappa shape index (κ3) is 5.60. The van der Waals surface area contributed by atoms with E-state index in [1.165, 1.54) is 34.4 Å².